The lowest BCUT2D eigenvalue weighted by Crippen LogP contribution is -2.46. The van der Waals surface area contributed by atoms with E-state index in [2.05, 4.69) is 18.3 Å². The number of carbonyl (C=O) groups excluding carboxylic acids is 2. The van der Waals surface area contributed by atoms with E-state index in [1.165, 1.54) is 0 Å². The normalized spacial score (nSPS) is 19.1. The second kappa shape index (κ2) is 8.57. The number of fused-ring (bicyclic) bond motifs is 1. The highest BCUT2D eigenvalue weighted by atomic mass is 16.3. The van der Waals surface area contributed by atoms with Gasteiger partial charge in [-0.15, -0.1) is 0 Å². The Morgan fingerprint density at radius 1 is 1.10 bits per heavy atom. The monoisotopic (exact) mass is 397 g/mol. The molecule has 1 aromatic carbocycles. The predicted octanol–water partition coefficient (Wildman–Crippen LogP) is 3.25. The van der Waals surface area contributed by atoms with Crippen LogP contribution >= 0.6 is 0 Å². The minimum Gasteiger partial charge on any atom is -0.459 e. The fourth-order valence-electron chi connectivity index (χ4n) is 4.62. The van der Waals surface area contributed by atoms with Crippen LogP contribution in [0.3, 0.4) is 0 Å². The molecule has 6 heteroatoms. The van der Waals surface area contributed by atoms with E-state index >= 15 is 0 Å². The third-order valence-electron chi connectivity index (χ3n) is 6.45. The quantitative estimate of drug-likeness (QED) is 0.841. The molecule has 0 aliphatic carbocycles. The number of piperidine rings is 1. The van der Waals surface area contributed by atoms with Crippen molar-refractivity contribution in [3.05, 3.63) is 35.6 Å². The number of benzene rings is 1. The van der Waals surface area contributed by atoms with Crippen LogP contribution in [0.2, 0.25) is 0 Å². The summed E-state index contributed by atoms with van der Waals surface area (Å²) in [6.07, 6.45) is 3.80. The van der Waals surface area contributed by atoms with Crippen LogP contribution in [-0.4, -0.2) is 54.3 Å². The minimum absolute atomic E-state index is 0.0411. The van der Waals surface area contributed by atoms with Gasteiger partial charge in [0.1, 0.15) is 11.3 Å². The maximum Gasteiger partial charge on any atom is 0.236 e. The zero-order chi connectivity index (χ0) is 20.4. The Kier molecular flexibility index (Phi) is 5.90. The molecule has 0 spiro atoms. The Bertz CT molecular complexity index is 877. The number of likely N-dealkylation sites (tertiary alicyclic amines) is 2. The van der Waals surface area contributed by atoms with Gasteiger partial charge in [0.25, 0.3) is 0 Å². The summed E-state index contributed by atoms with van der Waals surface area (Å²) in [6, 6.07) is 7.96. The summed E-state index contributed by atoms with van der Waals surface area (Å²) in [6.45, 7) is 7.51. The zero-order valence-corrected chi connectivity index (χ0v) is 17.4. The summed E-state index contributed by atoms with van der Waals surface area (Å²) in [7, 11) is 0. The smallest absolute Gasteiger partial charge is 0.236 e. The van der Waals surface area contributed by atoms with Gasteiger partial charge in [0.15, 0.2) is 0 Å². The first-order valence-corrected chi connectivity index (χ1v) is 10.8. The van der Waals surface area contributed by atoms with Crippen molar-refractivity contribution in [2.24, 2.45) is 5.92 Å². The van der Waals surface area contributed by atoms with E-state index in [1.807, 2.05) is 34.9 Å². The molecule has 156 valence electrons. The number of carbonyl (C=O) groups is 2. The van der Waals surface area contributed by atoms with Crippen molar-refractivity contribution >= 4 is 22.8 Å². The Morgan fingerprint density at radius 2 is 1.79 bits per heavy atom. The van der Waals surface area contributed by atoms with Crippen LogP contribution in [-0.2, 0) is 9.59 Å². The minimum atomic E-state index is -0.0411. The van der Waals surface area contributed by atoms with Crippen molar-refractivity contribution in [3.63, 3.8) is 0 Å². The number of rotatable bonds is 5. The van der Waals surface area contributed by atoms with Crippen molar-refractivity contribution in [2.45, 2.75) is 45.6 Å². The van der Waals surface area contributed by atoms with Crippen LogP contribution < -0.4 is 5.32 Å². The first kappa shape index (κ1) is 20.0. The van der Waals surface area contributed by atoms with Crippen LogP contribution in [0.15, 0.2) is 28.7 Å². The highest BCUT2D eigenvalue weighted by molar-refractivity contribution is 5.82. The second-order valence-electron chi connectivity index (χ2n) is 8.38. The van der Waals surface area contributed by atoms with Crippen molar-refractivity contribution in [2.75, 3.05) is 32.7 Å². The lowest BCUT2D eigenvalue weighted by Gasteiger charge is -2.33. The topological polar surface area (TPSA) is 65.8 Å². The third-order valence-corrected chi connectivity index (χ3v) is 6.45. The summed E-state index contributed by atoms with van der Waals surface area (Å²) in [4.78, 5) is 29.1. The molecule has 0 saturated carbocycles. The molecule has 2 saturated heterocycles. The van der Waals surface area contributed by atoms with E-state index in [-0.39, 0.29) is 24.4 Å². The fraction of sp³-hybridized carbons (Fsp3) is 0.565. The van der Waals surface area contributed by atoms with E-state index in [0.717, 1.165) is 61.1 Å². The molecule has 2 fully saturated rings. The van der Waals surface area contributed by atoms with Crippen LogP contribution in [0.4, 0.5) is 0 Å². The Morgan fingerprint density at radius 3 is 2.48 bits per heavy atom. The van der Waals surface area contributed by atoms with E-state index in [0.29, 0.717) is 19.0 Å². The lowest BCUT2D eigenvalue weighted by atomic mass is 9.95. The van der Waals surface area contributed by atoms with Gasteiger partial charge in [-0.3, -0.25) is 14.9 Å². The molecule has 2 aromatic rings. The number of amides is 2. The van der Waals surface area contributed by atoms with E-state index in [1.54, 1.807) is 0 Å². The predicted molar refractivity (Wildman–Crippen MR) is 112 cm³/mol. The molecule has 1 atom stereocenters. The first-order chi connectivity index (χ1) is 14.0. The zero-order valence-electron chi connectivity index (χ0n) is 17.4. The highest BCUT2D eigenvalue weighted by Crippen LogP contribution is 2.29. The van der Waals surface area contributed by atoms with Crippen molar-refractivity contribution in [3.8, 4) is 0 Å². The largest absolute Gasteiger partial charge is 0.459 e. The summed E-state index contributed by atoms with van der Waals surface area (Å²) in [5.74, 6) is 1.36. The van der Waals surface area contributed by atoms with Gasteiger partial charge < -0.3 is 14.2 Å². The highest BCUT2D eigenvalue weighted by Gasteiger charge is 2.31. The molecule has 29 heavy (non-hydrogen) atoms. The molecule has 2 amide bonds. The molecule has 6 nitrogen and oxygen atoms in total. The number of hydrogen-bond donors (Lipinski definition) is 1. The van der Waals surface area contributed by atoms with Crippen LogP contribution in [0.5, 0.6) is 0 Å². The molecular formula is C23H31N3O3. The molecule has 0 radical (unpaired) electrons. The molecule has 0 bridgehead atoms. The summed E-state index contributed by atoms with van der Waals surface area (Å²) in [5.41, 5.74) is 2.00. The number of para-hydroxylation sites is 1. The molecular weight excluding hydrogens is 366 g/mol. The average Bonchev–Trinajstić information content (AvgIpc) is 3.40. The summed E-state index contributed by atoms with van der Waals surface area (Å²) >= 11 is 0. The van der Waals surface area contributed by atoms with Crippen LogP contribution in [0.25, 0.3) is 11.0 Å². The van der Waals surface area contributed by atoms with E-state index in [9.17, 15) is 9.59 Å². The third kappa shape index (κ3) is 4.17. The average molecular weight is 398 g/mol. The second-order valence-corrected chi connectivity index (χ2v) is 8.38. The molecule has 4 rings (SSSR count). The van der Waals surface area contributed by atoms with Gasteiger partial charge in [0.2, 0.25) is 11.8 Å². The number of nitrogens with zero attached hydrogens (tertiary/aromatic N) is 2. The molecule has 2 aliphatic rings. The molecule has 1 unspecified atom stereocenters. The fourth-order valence-corrected chi connectivity index (χ4v) is 4.62. The first-order valence-electron chi connectivity index (χ1n) is 10.8. The summed E-state index contributed by atoms with van der Waals surface area (Å²) in [5, 5.41) is 4.43. The van der Waals surface area contributed by atoms with Gasteiger partial charge >= 0.3 is 0 Å². The SMILES string of the molecule is Cc1c(C(C)NCC(=O)N2CCC(C(=O)N3CCCC3)CC2)oc2ccccc12. The van der Waals surface area contributed by atoms with Gasteiger partial charge in [-0.1, -0.05) is 18.2 Å². The molecule has 1 N–H and O–H groups in total. The Labute approximate surface area is 172 Å². The van der Waals surface area contributed by atoms with E-state index in [4.69, 9.17) is 4.42 Å². The van der Waals surface area contributed by atoms with Crippen molar-refractivity contribution < 1.29 is 14.0 Å². The van der Waals surface area contributed by atoms with E-state index < -0.39 is 0 Å². The van der Waals surface area contributed by atoms with Gasteiger partial charge in [-0.25, -0.2) is 0 Å². The number of furan rings is 1. The molecule has 1 aromatic heterocycles. The maximum absolute atomic E-state index is 12.7. The van der Waals surface area contributed by atoms with Gasteiger partial charge in [0.05, 0.1) is 12.6 Å². The lowest BCUT2D eigenvalue weighted by molar-refractivity contribution is -0.139. The number of nitrogens with one attached hydrogen (secondary N) is 1. The van der Waals surface area contributed by atoms with Gasteiger partial charge in [-0.05, 0) is 51.2 Å². The summed E-state index contributed by atoms with van der Waals surface area (Å²) < 4.78 is 6.00. The van der Waals surface area contributed by atoms with Crippen LogP contribution in [0, 0.1) is 12.8 Å². The van der Waals surface area contributed by atoms with Gasteiger partial charge in [0, 0.05) is 37.5 Å². The Balaban J connectivity index is 1.27. The maximum atomic E-state index is 12.7. The standard InChI is InChI=1S/C23H31N3O3/c1-16-19-7-3-4-8-20(19)29-22(16)17(2)24-15-21(27)25-13-9-18(10-14-25)23(28)26-11-5-6-12-26/h3-4,7-8,17-18,24H,5-6,9-15H2,1-2H3. The van der Waals surface area contributed by atoms with Crippen LogP contribution in [0.1, 0.15) is 50.0 Å². The van der Waals surface area contributed by atoms with Crippen molar-refractivity contribution in [1.82, 2.24) is 15.1 Å². The molecule has 3 heterocycles. The van der Waals surface area contributed by atoms with Gasteiger partial charge in [-0.2, -0.15) is 0 Å². The Hall–Kier alpha value is -2.34. The van der Waals surface area contributed by atoms with Crippen molar-refractivity contribution in [1.29, 1.82) is 0 Å². The number of hydrogen-bond acceptors (Lipinski definition) is 4. The molecule has 2 aliphatic heterocycles. The number of aryl methyl sites for hydroxylation is 1.